The molecule has 0 aliphatic carbocycles. The molecule has 3 atom stereocenters. The summed E-state index contributed by atoms with van der Waals surface area (Å²) in [5.41, 5.74) is 12.8. The third-order valence-electron chi connectivity index (χ3n) is 12.3. The maximum atomic E-state index is 6.64. The van der Waals surface area contributed by atoms with E-state index in [1.165, 1.54) is 55.2 Å². The van der Waals surface area contributed by atoms with Gasteiger partial charge in [0.1, 0.15) is 18.9 Å². The van der Waals surface area contributed by atoms with E-state index in [2.05, 4.69) is 241 Å². The van der Waals surface area contributed by atoms with E-state index in [9.17, 15) is 0 Å². The number of benzene rings is 8. The Hall–Kier alpha value is -6.59. The molecule has 8 aromatic carbocycles. The van der Waals surface area contributed by atoms with Gasteiger partial charge in [0.2, 0.25) is 12.1 Å². The molecule has 0 aromatic heterocycles. The van der Waals surface area contributed by atoms with Crippen LogP contribution in [0.1, 0.15) is 48.2 Å². The number of hydrogen-bond acceptors (Lipinski definition) is 2. The molecule has 0 N–H and O–H groups in total. The predicted octanol–water partition coefficient (Wildman–Crippen LogP) is 9.84. The average molecular weight is 780 g/mol. The maximum absolute atomic E-state index is 6.64. The van der Waals surface area contributed by atoms with Crippen molar-refractivity contribution in [2.45, 2.75) is 37.8 Å². The number of nitrogens with zero attached hydrogens (tertiary/aromatic N) is 1. The zero-order valence-corrected chi connectivity index (χ0v) is 34.3. The first kappa shape index (κ1) is 38.9. The van der Waals surface area contributed by atoms with E-state index in [0.29, 0.717) is 6.61 Å². The van der Waals surface area contributed by atoms with Crippen LogP contribution in [0.15, 0.2) is 231 Å². The van der Waals surface area contributed by atoms with Crippen LogP contribution in [-0.4, -0.2) is 35.4 Å². The zero-order chi connectivity index (χ0) is 40.8. The van der Waals surface area contributed by atoms with E-state index in [4.69, 9.17) is 9.47 Å². The summed E-state index contributed by atoms with van der Waals surface area (Å²) in [5, 5.41) is 0. The van der Waals surface area contributed by atoms with Crippen LogP contribution < -0.4 is 21.9 Å². The fraction of sp³-hybridized carbons (Fsp3) is 0.125. The summed E-state index contributed by atoms with van der Waals surface area (Å²) in [7, 11) is 0. The standard InChI is InChI=1S/C32H30NO2.C24H20B/c1-32(2)34-22-29(31(35-32)24-15-7-4-8-16-24)33-21-25-17-9-10-18-26(25)27-19-11-12-20-28(27)30(33)23-13-5-3-6-14-23;1-5-13-21(14-6-1)25(22-15-7-2-8-16-22,23-17-9-3-10-18-23)24-19-11-4-12-20-24/h3-21,29-31H,22H2,1-2H3;1-20H/q+1;-1/t29-,30+,31-;/m0./s1. The number of hydrogen-bond donors (Lipinski definition) is 0. The number of ether oxygens (including phenoxy) is 2. The van der Waals surface area contributed by atoms with Crippen molar-refractivity contribution in [1.29, 1.82) is 0 Å². The highest BCUT2D eigenvalue weighted by Crippen LogP contribution is 2.42. The fourth-order valence-corrected chi connectivity index (χ4v) is 9.59. The molecule has 0 spiro atoms. The van der Waals surface area contributed by atoms with Crippen molar-refractivity contribution in [3.8, 4) is 11.1 Å². The highest BCUT2D eigenvalue weighted by molar-refractivity contribution is 7.19. The van der Waals surface area contributed by atoms with Gasteiger partial charge in [-0.05, 0) is 36.6 Å². The predicted molar refractivity (Wildman–Crippen MR) is 250 cm³/mol. The minimum absolute atomic E-state index is 0.0180. The van der Waals surface area contributed by atoms with Crippen LogP contribution in [0, 0.1) is 0 Å². The van der Waals surface area contributed by atoms with Gasteiger partial charge >= 0.3 is 0 Å². The molecule has 1 fully saturated rings. The molecule has 8 aromatic rings. The lowest BCUT2D eigenvalue weighted by Crippen LogP contribution is -2.74. The lowest BCUT2D eigenvalue weighted by atomic mass is 9.13. The van der Waals surface area contributed by atoms with E-state index in [-0.39, 0.29) is 18.2 Å². The van der Waals surface area contributed by atoms with Gasteiger partial charge < -0.3 is 9.47 Å². The highest BCUT2D eigenvalue weighted by atomic mass is 16.7. The van der Waals surface area contributed by atoms with Crippen LogP contribution in [-0.2, 0) is 9.47 Å². The van der Waals surface area contributed by atoms with Crippen molar-refractivity contribution < 1.29 is 14.0 Å². The van der Waals surface area contributed by atoms with Crippen LogP contribution in [0.2, 0.25) is 0 Å². The molecular formula is C56H50BNO2. The first-order chi connectivity index (χ1) is 29.5. The molecule has 2 heterocycles. The smallest absolute Gasteiger partial charge is 0.207 e. The van der Waals surface area contributed by atoms with Crippen LogP contribution >= 0.6 is 0 Å². The molecular weight excluding hydrogens is 729 g/mol. The van der Waals surface area contributed by atoms with Crippen molar-refractivity contribution in [3.05, 3.63) is 253 Å². The van der Waals surface area contributed by atoms with Crippen molar-refractivity contribution in [2.75, 3.05) is 6.61 Å². The normalized spacial score (nSPS) is 18.0. The lowest BCUT2D eigenvalue weighted by molar-refractivity contribution is -0.621. The van der Waals surface area contributed by atoms with Crippen molar-refractivity contribution >= 4 is 34.2 Å². The van der Waals surface area contributed by atoms with Crippen molar-refractivity contribution in [2.24, 2.45) is 0 Å². The van der Waals surface area contributed by atoms with Gasteiger partial charge in [-0.15, -0.1) is 0 Å². The van der Waals surface area contributed by atoms with Gasteiger partial charge in [-0.2, -0.15) is 21.9 Å². The quantitative estimate of drug-likeness (QED) is 0.119. The van der Waals surface area contributed by atoms with Crippen LogP contribution in [0.25, 0.3) is 11.1 Å². The second kappa shape index (κ2) is 17.3. The van der Waals surface area contributed by atoms with Crippen LogP contribution in [0.4, 0.5) is 0 Å². The molecule has 2 aliphatic rings. The van der Waals surface area contributed by atoms with Crippen molar-refractivity contribution in [1.82, 2.24) is 0 Å². The Morgan fingerprint density at radius 2 is 0.850 bits per heavy atom. The Morgan fingerprint density at radius 1 is 0.450 bits per heavy atom. The molecule has 0 amide bonds. The largest absolute Gasteiger partial charge is 0.343 e. The van der Waals surface area contributed by atoms with Gasteiger partial charge in [-0.1, -0.05) is 224 Å². The molecule has 294 valence electrons. The summed E-state index contributed by atoms with van der Waals surface area (Å²) >= 11 is 0. The molecule has 0 radical (unpaired) electrons. The van der Waals surface area contributed by atoms with Gasteiger partial charge in [-0.3, -0.25) is 0 Å². The van der Waals surface area contributed by atoms with E-state index in [1.807, 2.05) is 13.8 Å². The van der Waals surface area contributed by atoms with Gasteiger partial charge in [0.25, 0.3) is 0 Å². The maximum Gasteiger partial charge on any atom is 0.207 e. The van der Waals surface area contributed by atoms with Crippen LogP contribution in [0.5, 0.6) is 0 Å². The molecule has 60 heavy (non-hydrogen) atoms. The Balaban J connectivity index is 0.000000163. The van der Waals surface area contributed by atoms with Gasteiger partial charge in [0.05, 0.1) is 0 Å². The lowest BCUT2D eigenvalue weighted by Gasteiger charge is -2.44. The summed E-state index contributed by atoms with van der Waals surface area (Å²) in [4.78, 5) is 0. The second-order valence-corrected chi connectivity index (χ2v) is 16.3. The topological polar surface area (TPSA) is 21.5 Å². The molecule has 1 saturated heterocycles. The minimum atomic E-state index is -1.22. The first-order valence-corrected chi connectivity index (χ1v) is 21.1. The number of fused-ring (bicyclic) bond motifs is 3. The Kier molecular flexibility index (Phi) is 11.2. The summed E-state index contributed by atoms with van der Waals surface area (Å²) in [6, 6.07) is 82.3. The summed E-state index contributed by atoms with van der Waals surface area (Å²) in [6.07, 6.45) is 0.964. The molecule has 10 rings (SSSR count). The molecule has 4 heteroatoms. The van der Waals surface area contributed by atoms with Gasteiger partial charge in [0, 0.05) is 16.7 Å². The molecule has 0 unspecified atom stereocenters. The highest BCUT2D eigenvalue weighted by Gasteiger charge is 2.47. The Bertz CT molecular complexity index is 2490. The molecule has 0 bridgehead atoms. The van der Waals surface area contributed by atoms with E-state index >= 15 is 0 Å². The fourth-order valence-electron chi connectivity index (χ4n) is 9.59. The summed E-state index contributed by atoms with van der Waals surface area (Å²) < 4.78 is 15.4. The Labute approximate surface area is 355 Å². The van der Waals surface area contributed by atoms with Gasteiger partial charge in [-0.25, -0.2) is 4.58 Å². The monoisotopic (exact) mass is 779 g/mol. The summed E-state index contributed by atoms with van der Waals surface area (Å²) in [6.45, 7) is 4.58. The molecule has 3 nitrogen and oxygen atoms in total. The summed E-state index contributed by atoms with van der Waals surface area (Å²) in [5.74, 6) is -0.652. The average Bonchev–Trinajstić information content (AvgIpc) is 3.46. The number of rotatable bonds is 7. The van der Waals surface area contributed by atoms with E-state index < -0.39 is 11.9 Å². The minimum Gasteiger partial charge on any atom is -0.343 e. The van der Waals surface area contributed by atoms with Gasteiger partial charge in [0.15, 0.2) is 12.0 Å². The molecule has 2 aliphatic heterocycles. The van der Waals surface area contributed by atoms with E-state index in [0.717, 1.165) is 0 Å². The Morgan fingerprint density at radius 3 is 1.35 bits per heavy atom. The third-order valence-corrected chi connectivity index (χ3v) is 12.3. The SMILES string of the molecule is CC1(C)OC[C@H]([N+]2=Cc3ccccc3-c3ccccc3[C@H]2c2ccccc2)[C@H](c2ccccc2)O1.c1ccc([B-](c2ccccc2)(c2ccccc2)c2ccccc2)cc1. The first-order valence-electron chi connectivity index (χ1n) is 21.1. The van der Waals surface area contributed by atoms with Crippen LogP contribution in [0.3, 0.4) is 0 Å². The second-order valence-electron chi connectivity index (χ2n) is 16.3. The van der Waals surface area contributed by atoms with E-state index in [1.54, 1.807) is 0 Å². The zero-order valence-electron chi connectivity index (χ0n) is 34.3. The van der Waals surface area contributed by atoms with Crippen molar-refractivity contribution in [3.63, 3.8) is 0 Å². The molecule has 0 saturated carbocycles. The third kappa shape index (κ3) is 7.68.